The van der Waals surface area contributed by atoms with Gasteiger partial charge in [-0.15, -0.1) is 0 Å². The summed E-state index contributed by atoms with van der Waals surface area (Å²) in [7, 11) is 0. The predicted octanol–water partition coefficient (Wildman–Crippen LogP) is 1.84. The molecule has 102 valence electrons. The Hall–Kier alpha value is -2.96. The van der Waals surface area contributed by atoms with Crippen LogP contribution in [0.1, 0.15) is 16.1 Å². The van der Waals surface area contributed by atoms with Gasteiger partial charge in [0.2, 0.25) is 5.56 Å². The zero-order valence-corrected chi connectivity index (χ0v) is 10.5. The van der Waals surface area contributed by atoms with Gasteiger partial charge in [0.1, 0.15) is 0 Å². The number of aromatic nitrogens is 1. The molecule has 0 bridgehead atoms. The van der Waals surface area contributed by atoms with Crippen LogP contribution in [0.2, 0.25) is 0 Å². The third kappa shape index (κ3) is 3.08. The Morgan fingerprint density at radius 1 is 1.25 bits per heavy atom. The van der Waals surface area contributed by atoms with Crippen LogP contribution in [0, 0.1) is 17.0 Å². The number of amides is 1. The molecule has 2 aromatic rings. The van der Waals surface area contributed by atoms with Crippen LogP contribution in [0.25, 0.3) is 0 Å². The van der Waals surface area contributed by atoms with Gasteiger partial charge in [-0.3, -0.25) is 19.7 Å². The maximum atomic E-state index is 11.9. The number of hydrogen-bond donors (Lipinski definition) is 2. The molecule has 0 aliphatic heterocycles. The largest absolute Gasteiger partial charge is 0.326 e. The van der Waals surface area contributed by atoms with E-state index in [9.17, 15) is 19.7 Å². The molecule has 0 unspecified atom stereocenters. The number of non-ortho nitro benzene ring substituents is 1. The lowest BCUT2D eigenvalue weighted by atomic mass is 10.2. The maximum absolute atomic E-state index is 11.9. The molecule has 7 nitrogen and oxygen atoms in total. The zero-order chi connectivity index (χ0) is 14.7. The van der Waals surface area contributed by atoms with Crippen LogP contribution >= 0.6 is 0 Å². The number of carbonyl (C=O) groups excluding carboxylic acids is 1. The van der Waals surface area contributed by atoms with Gasteiger partial charge in [0.05, 0.1) is 4.92 Å². The van der Waals surface area contributed by atoms with E-state index in [1.807, 2.05) is 0 Å². The van der Waals surface area contributed by atoms with Crippen molar-refractivity contribution in [3.63, 3.8) is 0 Å². The molecule has 2 N–H and O–H groups in total. The molecule has 1 aromatic carbocycles. The highest BCUT2D eigenvalue weighted by atomic mass is 16.6. The first-order valence-electron chi connectivity index (χ1n) is 5.72. The molecular weight excluding hydrogens is 262 g/mol. The van der Waals surface area contributed by atoms with Crippen LogP contribution in [0.3, 0.4) is 0 Å². The molecule has 0 radical (unpaired) electrons. The molecule has 0 saturated carbocycles. The fourth-order valence-electron chi connectivity index (χ4n) is 1.68. The van der Waals surface area contributed by atoms with Crippen molar-refractivity contribution in [1.29, 1.82) is 0 Å². The van der Waals surface area contributed by atoms with Gasteiger partial charge in [-0.2, -0.15) is 0 Å². The lowest BCUT2D eigenvalue weighted by Gasteiger charge is -2.05. The van der Waals surface area contributed by atoms with Crippen molar-refractivity contribution in [3.8, 4) is 0 Å². The zero-order valence-electron chi connectivity index (χ0n) is 10.5. The molecular formula is C13H11N3O4. The number of nitrogens with zero attached hydrogens (tertiary/aromatic N) is 1. The summed E-state index contributed by atoms with van der Waals surface area (Å²) in [4.78, 5) is 35.7. The summed E-state index contributed by atoms with van der Waals surface area (Å²) in [5.74, 6) is -0.451. The Bertz CT molecular complexity index is 719. The molecule has 1 aromatic heterocycles. The molecule has 0 atom stereocenters. The van der Waals surface area contributed by atoms with Crippen LogP contribution in [-0.4, -0.2) is 15.8 Å². The lowest BCUT2D eigenvalue weighted by molar-refractivity contribution is -0.384. The monoisotopic (exact) mass is 273 g/mol. The number of benzene rings is 1. The topological polar surface area (TPSA) is 105 Å². The number of nitro groups is 1. The van der Waals surface area contributed by atoms with Crippen molar-refractivity contribution in [3.05, 3.63) is 68.1 Å². The van der Waals surface area contributed by atoms with E-state index in [-0.39, 0.29) is 16.8 Å². The first kappa shape index (κ1) is 13.5. The van der Waals surface area contributed by atoms with Crippen molar-refractivity contribution in [2.45, 2.75) is 6.92 Å². The van der Waals surface area contributed by atoms with E-state index in [1.54, 1.807) is 13.0 Å². The molecule has 0 spiro atoms. The van der Waals surface area contributed by atoms with E-state index < -0.39 is 10.8 Å². The fraction of sp³-hybridized carbons (Fsp3) is 0.0769. The molecule has 0 fully saturated rings. The number of nitrogens with one attached hydrogen (secondary N) is 2. The SMILES string of the molecule is Cc1cc(C(=O)Nc2ccc([N+](=O)[O-])cc2)cc(=O)[nH]1. The molecule has 20 heavy (non-hydrogen) atoms. The van der Waals surface area contributed by atoms with Crippen LogP contribution in [0.5, 0.6) is 0 Å². The quantitative estimate of drug-likeness (QED) is 0.657. The van der Waals surface area contributed by atoms with Crippen molar-refractivity contribution >= 4 is 17.3 Å². The van der Waals surface area contributed by atoms with Crippen molar-refractivity contribution < 1.29 is 9.72 Å². The summed E-state index contributed by atoms with van der Waals surface area (Å²) in [5.41, 5.74) is 0.795. The Labute approximate surface area is 113 Å². The van der Waals surface area contributed by atoms with Gasteiger partial charge in [-0.1, -0.05) is 0 Å². The number of carbonyl (C=O) groups is 1. The standard InChI is InChI=1S/C13H11N3O4/c1-8-6-9(7-12(17)14-8)13(18)15-10-2-4-11(5-3-10)16(19)20/h2-7H,1H3,(H,14,17)(H,15,18). The van der Waals surface area contributed by atoms with E-state index in [1.165, 1.54) is 30.3 Å². The number of pyridine rings is 1. The summed E-state index contributed by atoms with van der Waals surface area (Å²) in [6.45, 7) is 1.67. The molecule has 1 amide bonds. The average Bonchev–Trinajstić information content (AvgIpc) is 2.38. The summed E-state index contributed by atoms with van der Waals surface area (Å²) in [5, 5.41) is 13.1. The van der Waals surface area contributed by atoms with Gasteiger partial charge in [0, 0.05) is 35.1 Å². The number of aryl methyl sites for hydroxylation is 1. The van der Waals surface area contributed by atoms with Crippen LogP contribution < -0.4 is 10.9 Å². The second-order valence-electron chi connectivity index (χ2n) is 4.17. The second-order valence-corrected chi connectivity index (χ2v) is 4.17. The normalized spacial score (nSPS) is 10.1. The summed E-state index contributed by atoms with van der Waals surface area (Å²) in [6, 6.07) is 8.17. The van der Waals surface area contributed by atoms with E-state index in [2.05, 4.69) is 10.3 Å². The van der Waals surface area contributed by atoms with Gasteiger partial charge in [0.25, 0.3) is 11.6 Å². The number of aromatic amines is 1. The maximum Gasteiger partial charge on any atom is 0.269 e. The van der Waals surface area contributed by atoms with Gasteiger partial charge >= 0.3 is 0 Å². The Morgan fingerprint density at radius 3 is 2.45 bits per heavy atom. The number of anilines is 1. The molecule has 7 heteroatoms. The number of nitro benzene ring substituents is 1. The molecule has 0 aliphatic carbocycles. The third-order valence-corrected chi connectivity index (χ3v) is 2.58. The van der Waals surface area contributed by atoms with Gasteiger partial charge in [-0.05, 0) is 25.1 Å². The fourth-order valence-corrected chi connectivity index (χ4v) is 1.68. The van der Waals surface area contributed by atoms with E-state index in [4.69, 9.17) is 0 Å². The molecule has 1 heterocycles. The predicted molar refractivity (Wildman–Crippen MR) is 72.8 cm³/mol. The summed E-state index contributed by atoms with van der Waals surface area (Å²) >= 11 is 0. The lowest BCUT2D eigenvalue weighted by Crippen LogP contribution is -2.16. The molecule has 0 aliphatic rings. The van der Waals surface area contributed by atoms with Crippen LogP contribution in [-0.2, 0) is 0 Å². The van der Waals surface area contributed by atoms with Crippen molar-refractivity contribution in [2.24, 2.45) is 0 Å². The second kappa shape index (κ2) is 5.35. The Balaban J connectivity index is 2.19. The molecule has 2 rings (SSSR count). The van der Waals surface area contributed by atoms with E-state index >= 15 is 0 Å². The van der Waals surface area contributed by atoms with Gasteiger partial charge in [-0.25, -0.2) is 0 Å². The molecule has 0 saturated heterocycles. The third-order valence-electron chi connectivity index (χ3n) is 2.58. The minimum atomic E-state index is -0.522. The summed E-state index contributed by atoms with van der Waals surface area (Å²) in [6.07, 6.45) is 0. The minimum Gasteiger partial charge on any atom is -0.326 e. The van der Waals surface area contributed by atoms with Gasteiger partial charge in [0.15, 0.2) is 0 Å². The Kier molecular flexibility index (Phi) is 3.60. The highest BCUT2D eigenvalue weighted by Crippen LogP contribution is 2.16. The van der Waals surface area contributed by atoms with E-state index in [0.717, 1.165) is 0 Å². The number of H-pyrrole nitrogens is 1. The first-order chi connectivity index (χ1) is 9.45. The number of hydrogen-bond acceptors (Lipinski definition) is 4. The summed E-state index contributed by atoms with van der Waals surface area (Å²) < 4.78 is 0. The van der Waals surface area contributed by atoms with E-state index in [0.29, 0.717) is 11.4 Å². The first-order valence-corrected chi connectivity index (χ1v) is 5.72. The highest BCUT2D eigenvalue weighted by Gasteiger charge is 2.09. The highest BCUT2D eigenvalue weighted by molar-refractivity contribution is 6.04. The van der Waals surface area contributed by atoms with Crippen LogP contribution in [0.15, 0.2) is 41.2 Å². The van der Waals surface area contributed by atoms with Gasteiger partial charge < -0.3 is 10.3 Å². The van der Waals surface area contributed by atoms with Crippen molar-refractivity contribution in [1.82, 2.24) is 4.98 Å². The average molecular weight is 273 g/mol. The van der Waals surface area contributed by atoms with Crippen LogP contribution in [0.4, 0.5) is 11.4 Å². The number of rotatable bonds is 3. The smallest absolute Gasteiger partial charge is 0.269 e. The van der Waals surface area contributed by atoms with Crippen molar-refractivity contribution in [2.75, 3.05) is 5.32 Å². The Morgan fingerprint density at radius 2 is 1.90 bits per heavy atom. The minimum absolute atomic E-state index is 0.0602.